The summed E-state index contributed by atoms with van der Waals surface area (Å²) in [5.74, 6) is -1.49. The molecular formula is C21H12F3N2O5S-. The fourth-order valence-electron chi connectivity index (χ4n) is 3.53. The van der Waals surface area contributed by atoms with Crippen LogP contribution in [0.4, 0.5) is 30.2 Å². The van der Waals surface area contributed by atoms with Gasteiger partial charge in [0, 0.05) is 16.8 Å². The van der Waals surface area contributed by atoms with Crippen molar-refractivity contribution in [1.29, 1.82) is 0 Å². The first-order valence-corrected chi connectivity index (χ1v) is 10.4. The van der Waals surface area contributed by atoms with Crippen molar-refractivity contribution in [2.24, 2.45) is 0 Å². The van der Waals surface area contributed by atoms with E-state index in [2.05, 4.69) is 5.32 Å². The molecule has 0 aromatic heterocycles. The average molecular weight is 461 g/mol. The van der Waals surface area contributed by atoms with Crippen molar-refractivity contribution in [3.05, 3.63) is 82.4 Å². The van der Waals surface area contributed by atoms with Crippen molar-refractivity contribution in [3.8, 4) is 0 Å². The summed E-state index contributed by atoms with van der Waals surface area (Å²) in [6, 6.07) is 10.4. The van der Waals surface area contributed by atoms with Gasteiger partial charge in [0.2, 0.25) is 0 Å². The maximum Gasteiger partial charge on any atom is 0.416 e. The Balaban J connectivity index is 1.98. The van der Waals surface area contributed by atoms with Crippen molar-refractivity contribution in [2.75, 3.05) is 11.1 Å². The number of benzene rings is 3. The third-order valence-electron chi connectivity index (χ3n) is 4.94. The van der Waals surface area contributed by atoms with E-state index in [4.69, 9.17) is 5.73 Å². The molecule has 0 saturated heterocycles. The number of alkyl halides is 3. The second-order valence-corrected chi connectivity index (χ2v) is 8.30. The van der Waals surface area contributed by atoms with Crippen LogP contribution in [0.2, 0.25) is 0 Å². The number of carbonyl (C=O) groups is 2. The SMILES string of the molecule is Nc1c(S(=O)(=O)[O-])cc(Nc2cccc(C(F)(F)F)c2)c2c1C(=O)c1ccccc1C2=O. The van der Waals surface area contributed by atoms with Crippen LogP contribution in [0.3, 0.4) is 0 Å². The number of nitrogen functional groups attached to an aromatic ring is 1. The number of nitrogens with two attached hydrogens (primary N) is 1. The monoisotopic (exact) mass is 461 g/mol. The van der Waals surface area contributed by atoms with Gasteiger partial charge in [-0.25, -0.2) is 8.42 Å². The van der Waals surface area contributed by atoms with E-state index < -0.39 is 49.6 Å². The van der Waals surface area contributed by atoms with E-state index >= 15 is 0 Å². The molecule has 3 N–H and O–H groups in total. The second kappa shape index (κ2) is 7.18. The van der Waals surface area contributed by atoms with Crippen LogP contribution < -0.4 is 11.1 Å². The molecule has 0 amide bonds. The van der Waals surface area contributed by atoms with Crippen molar-refractivity contribution in [2.45, 2.75) is 11.1 Å². The Morgan fingerprint density at radius 3 is 2.03 bits per heavy atom. The maximum absolute atomic E-state index is 13.1. The molecule has 11 heteroatoms. The van der Waals surface area contributed by atoms with E-state index in [1.165, 1.54) is 30.3 Å². The summed E-state index contributed by atoms with van der Waals surface area (Å²) in [4.78, 5) is 25.2. The van der Waals surface area contributed by atoms with Crippen molar-refractivity contribution in [3.63, 3.8) is 0 Å². The molecule has 7 nitrogen and oxygen atoms in total. The van der Waals surface area contributed by atoms with Gasteiger partial charge in [-0.1, -0.05) is 30.3 Å². The van der Waals surface area contributed by atoms with Gasteiger partial charge < -0.3 is 15.6 Å². The molecule has 3 aromatic rings. The molecule has 0 aliphatic heterocycles. The zero-order chi connectivity index (χ0) is 23.4. The Morgan fingerprint density at radius 1 is 0.875 bits per heavy atom. The second-order valence-electron chi connectivity index (χ2n) is 6.95. The molecule has 1 aliphatic carbocycles. The summed E-state index contributed by atoms with van der Waals surface area (Å²) in [5, 5.41) is 2.53. The van der Waals surface area contributed by atoms with Crippen molar-refractivity contribution >= 4 is 38.7 Å². The first kappa shape index (κ1) is 21.5. The van der Waals surface area contributed by atoms with Gasteiger partial charge in [-0.2, -0.15) is 13.2 Å². The third-order valence-corrected chi connectivity index (χ3v) is 5.81. The van der Waals surface area contributed by atoms with E-state index in [1.807, 2.05) is 0 Å². The Hall–Kier alpha value is -3.70. The topological polar surface area (TPSA) is 129 Å². The minimum Gasteiger partial charge on any atom is -0.744 e. The Kier molecular flexibility index (Phi) is 4.83. The van der Waals surface area contributed by atoms with Gasteiger partial charge >= 0.3 is 6.18 Å². The quantitative estimate of drug-likeness (QED) is 0.351. The van der Waals surface area contributed by atoms with Gasteiger partial charge in [0.05, 0.1) is 33.0 Å². The van der Waals surface area contributed by atoms with Crippen LogP contribution in [-0.2, 0) is 16.3 Å². The lowest BCUT2D eigenvalue weighted by Crippen LogP contribution is -2.25. The Morgan fingerprint density at radius 2 is 1.47 bits per heavy atom. The number of hydrogen-bond acceptors (Lipinski definition) is 7. The highest BCUT2D eigenvalue weighted by Crippen LogP contribution is 2.40. The normalized spacial score (nSPS) is 13.5. The lowest BCUT2D eigenvalue weighted by atomic mass is 9.82. The van der Waals surface area contributed by atoms with Crippen LogP contribution in [0.1, 0.15) is 37.4 Å². The van der Waals surface area contributed by atoms with Crippen LogP contribution in [0, 0.1) is 0 Å². The van der Waals surface area contributed by atoms with Crippen LogP contribution in [0.15, 0.2) is 59.5 Å². The van der Waals surface area contributed by atoms with Gasteiger partial charge in [-0.05, 0) is 24.3 Å². The number of nitrogens with one attached hydrogen (secondary N) is 1. The van der Waals surface area contributed by atoms with E-state index in [0.717, 1.165) is 24.3 Å². The Bertz CT molecular complexity index is 1420. The third kappa shape index (κ3) is 3.51. The molecule has 0 fully saturated rings. The summed E-state index contributed by atoms with van der Waals surface area (Å²) in [5.41, 5.74) is 2.76. The summed E-state index contributed by atoms with van der Waals surface area (Å²) in [7, 11) is -5.19. The Labute approximate surface area is 179 Å². The van der Waals surface area contributed by atoms with Gasteiger partial charge in [0.25, 0.3) is 0 Å². The molecule has 0 bridgehead atoms. The predicted octanol–water partition coefficient (Wildman–Crippen LogP) is 3.71. The smallest absolute Gasteiger partial charge is 0.416 e. The van der Waals surface area contributed by atoms with Crippen LogP contribution in [0.25, 0.3) is 0 Å². The summed E-state index contributed by atoms with van der Waals surface area (Å²) in [6.45, 7) is 0. The molecule has 0 unspecified atom stereocenters. The van der Waals surface area contributed by atoms with Crippen LogP contribution in [-0.4, -0.2) is 24.5 Å². The molecule has 164 valence electrons. The van der Waals surface area contributed by atoms with E-state index in [1.54, 1.807) is 0 Å². The standard InChI is InChI=1S/C21H13F3N2O5S/c22-21(23,24)10-4-3-5-11(8-10)26-14-9-15(32(29,30)31)18(25)17-16(14)19(27)12-6-1-2-7-13(12)20(17)28/h1-9,26H,25H2,(H,29,30,31)/p-1. The van der Waals surface area contributed by atoms with E-state index in [9.17, 15) is 35.7 Å². The molecule has 0 spiro atoms. The summed E-state index contributed by atoms with van der Waals surface area (Å²) >= 11 is 0. The van der Waals surface area contributed by atoms with Crippen LogP contribution in [0.5, 0.6) is 0 Å². The minimum absolute atomic E-state index is 0.00854. The molecule has 4 rings (SSSR count). The zero-order valence-electron chi connectivity index (χ0n) is 15.9. The molecule has 3 aromatic carbocycles. The molecular weight excluding hydrogens is 449 g/mol. The first-order valence-electron chi connectivity index (χ1n) is 8.94. The highest BCUT2D eigenvalue weighted by molar-refractivity contribution is 7.86. The van der Waals surface area contributed by atoms with Crippen molar-refractivity contribution < 1.29 is 35.7 Å². The van der Waals surface area contributed by atoms with Crippen molar-refractivity contribution in [1.82, 2.24) is 0 Å². The number of halogens is 3. The molecule has 0 atom stereocenters. The number of fused-ring (bicyclic) bond motifs is 2. The van der Waals surface area contributed by atoms with Gasteiger partial charge in [0.1, 0.15) is 10.1 Å². The number of anilines is 3. The molecule has 0 radical (unpaired) electrons. The predicted molar refractivity (Wildman–Crippen MR) is 107 cm³/mol. The summed E-state index contributed by atoms with van der Waals surface area (Å²) in [6.07, 6.45) is -4.66. The molecule has 32 heavy (non-hydrogen) atoms. The summed E-state index contributed by atoms with van der Waals surface area (Å²) < 4.78 is 74.5. The maximum atomic E-state index is 13.1. The lowest BCUT2D eigenvalue weighted by molar-refractivity contribution is -0.137. The average Bonchev–Trinajstić information content (AvgIpc) is 2.71. The number of hydrogen-bond donors (Lipinski definition) is 2. The number of ketones is 2. The van der Waals surface area contributed by atoms with Crippen LogP contribution >= 0.6 is 0 Å². The van der Waals surface area contributed by atoms with E-state index in [-0.39, 0.29) is 28.1 Å². The highest BCUT2D eigenvalue weighted by atomic mass is 32.2. The van der Waals surface area contributed by atoms with Gasteiger partial charge in [-0.15, -0.1) is 0 Å². The fourth-order valence-corrected chi connectivity index (χ4v) is 4.16. The fraction of sp³-hybridized carbons (Fsp3) is 0.0476. The zero-order valence-corrected chi connectivity index (χ0v) is 16.7. The highest BCUT2D eigenvalue weighted by Gasteiger charge is 2.36. The van der Waals surface area contributed by atoms with Gasteiger partial charge in [0.15, 0.2) is 11.6 Å². The minimum atomic E-state index is -5.19. The number of rotatable bonds is 3. The van der Waals surface area contributed by atoms with Gasteiger partial charge in [-0.3, -0.25) is 9.59 Å². The van der Waals surface area contributed by atoms with E-state index in [0.29, 0.717) is 0 Å². The first-order chi connectivity index (χ1) is 14.9. The molecule has 0 heterocycles. The largest absolute Gasteiger partial charge is 0.744 e. The lowest BCUT2D eigenvalue weighted by Gasteiger charge is -2.25. The number of carbonyl (C=O) groups excluding carboxylic acids is 2. The molecule has 1 aliphatic rings. The molecule has 0 saturated carbocycles.